The lowest BCUT2D eigenvalue weighted by molar-refractivity contribution is 0.0394. The molecule has 2 aromatic carbocycles. The van der Waals surface area contributed by atoms with Crippen LogP contribution in [0.2, 0.25) is 0 Å². The van der Waals surface area contributed by atoms with Crippen LogP contribution in [-0.4, -0.2) is 56.2 Å². The fourth-order valence-electron chi connectivity index (χ4n) is 3.32. The number of benzene rings is 2. The largest absolute Gasteiger partial charge is 0.379 e. The molecule has 6 nitrogen and oxygen atoms in total. The number of halogens is 1. The van der Waals surface area contributed by atoms with Gasteiger partial charge in [-0.2, -0.15) is 0 Å². The Morgan fingerprint density at radius 3 is 2.61 bits per heavy atom. The Morgan fingerprint density at radius 1 is 1.19 bits per heavy atom. The minimum absolute atomic E-state index is 0.245. The van der Waals surface area contributed by atoms with Gasteiger partial charge in [0.15, 0.2) is 0 Å². The van der Waals surface area contributed by atoms with Crippen LogP contribution in [0.3, 0.4) is 0 Å². The Bertz CT molecular complexity index is 879. The molecule has 1 unspecified atom stereocenters. The van der Waals surface area contributed by atoms with Crippen LogP contribution >= 0.6 is 0 Å². The minimum Gasteiger partial charge on any atom is -0.379 e. The van der Waals surface area contributed by atoms with Crippen LogP contribution < -0.4 is 10.6 Å². The van der Waals surface area contributed by atoms with E-state index in [4.69, 9.17) is 4.74 Å². The molecular weight excluding hydrogens is 395 g/mol. The van der Waals surface area contributed by atoms with Crippen molar-refractivity contribution in [1.29, 1.82) is 0 Å². The number of nitrogens with one attached hydrogen (secondary N) is 2. The molecule has 0 radical (unpaired) electrons. The van der Waals surface area contributed by atoms with Gasteiger partial charge in [0.25, 0.3) is 5.91 Å². The van der Waals surface area contributed by atoms with E-state index in [9.17, 15) is 9.18 Å². The zero-order chi connectivity index (χ0) is 22.1. The number of nitrogens with zero attached hydrogens (tertiary/aromatic N) is 2. The summed E-state index contributed by atoms with van der Waals surface area (Å²) in [5, 5.41) is 5.98. The van der Waals surface area contributed by atoms with Crippen molar-refractivity contribution in [3.8, 4) is 0 Å². The Morgan fingerprint density at radius 2 is 1.94 bits per heavy atom. The van der Waals surface area contributed by atoms with Gasteiger partial charge in [0.2, 0.25) is 5.96 Å². The third-order valence-corrected chi connectivity index (χ3v) is 5.46. The monoisotopic (exact) mass is 426 g/mol. The number of carbonyl (C=O) groups is 1. The standard InChI is InChI=1S/C24H31FN4O2/c1-3-18(2)19-7-9-22(10-8-19)27-24(26-11-12-29-13-15-31-16-14-29)28-23(30)20-5-4-6-21(25)17-20/h4-10,17-18H,3,11-16H2,1-2H3,(H2,26,27,28,30). The van der Waals surface area contributed by atoms with Gasteiger partial charge >= 0.3 is 0 Å². The van der Waals surface area contributed by atoms with Crippen LogP contribution in [-0.2, 0) is 4.74 Å². The van der Waals surface area contributed by atoms with Crippen molar-refractivity contribution in [2.24, 2.45) is 4.99 Å². The highest BCUT2D eigenvalue weighted by Crippen LogP contribution is 2.20. The topological polar surface area (TPSA) is 66.0 Å². The van der Waals surface area contributed by atoms with Crippen molar-refractivity contribution in [2.45, 2.75) is 26.2 Å². The number of morpholine rings is 1. The van der Waals surface area contributed by atoms with Gasteiger partial charge in [-0.3, -0.25) is 20.0 Å². The van der Waals surface area contributed by atoms with E-state index in [0.29, 0.717) is 18.4 Å². The summed E-state index contributed by atoms with van der Waals surface area (Å²) in [5.74, 6) is -0.0254. The maximum atomic E-state index is 13.5. The lowest BCUT2D eigenvalue weighted by Crippen LogP contribution is -2.39. The molecule has 1 aliphatic heterocycles. The predicted molar refractivity (Wildman–Crippen MR) is 122 cm³/mol. The van der Waals surface area contributed by atoms with Gasteiger partial charge in [0.1, 0.15) is 5.82 Å². The van der Waals surface area contributed by atoms with Gasteiger partial charge in [-0.1, -0.05) is 32.0 Å². The summed E-state index contributed by atoms with van der Waals surface area (Å²) in [6.07, 6.45) is 1.07. The lowest BCUT2D eigenvalue weighted by atomic mass is 9.99. The first-order chi connectivity index (χ1) is 15.0. The third-order valence-electron chi connectivity index (χ3n) is 5.46. The van der Waals surface area contributed by atoms with Gasteiger partial charge in [-0.05, 0) is 48.2 Å². The Labute approximate surface area is 183 Å². The zero-order valence-corrected chi connectivity index (χ0v) is 18.2. The molecule has 31 heavy (non-hydrogen) atoms. The van der Waals surface area contributed by atoms with Gasteiger partial charge < -0.3 is 10.1 Å². The van der Waals surface area contributed by atoms with Crippen LogP contribution in [0.15, 0.2) is 53.5 Å². The number of anilines is 1. The number of hydrogen-bond acceptors (Lipinski definition) is 4. The van der Waals surface area contributed by atoms with E-state index in [0.717, 1.165) is 45.0 Å². The van der Waals surface area contributed by atoms with Crippen molar-refractivity contribution >= 4 is 17.6 Å². The molecule has 0 aromatic heterocycles. The number of ether oxygens (including phenoxy) is 1. The highest BCUT2D eigenvalue weighted by atomic mass is 19.1. The van der Waals surface area contributed by atoms with E-state index in [2.05, 4.69) is 46.5 Å². The average molecular weight is 427 g/mol. The predicted octanol–water partition coefficient (Wildman–Crippen LogP) is 3.87. The second-order valence-corrected chi connectivity index (χ2v) is 7.71. The van der Waals surface area contributed by atoms with E-state index in [-0.39, 0.29) is 5.56 Å². The van der Waals surface area contributed by atoms with E-state index in [1.165, 1.54) is 23.8 Å². The molecule has 1 heterocycles. The number of hydrogen-bond donors (Lipinski definition) is 2. The molecule has 3 rings (SSSR count). The average Bonchev–Trinajstić information content (AvgIpc) is 2.79. The molecule has 2 N–H and O–H groups in total. The Hall–Kier alpha value is -2.77. The van der Waals surface area contributed by atoms with Crippen LogP contribution in [0.5, 0.6) is 0 Å². The first kappa shape index (κ1) is 22.9. The number of amides is 1. The summed E-state index contributed by atoms with van der Waals surface area (Å²) >= 11 is 0. The van der Waals surface area contributed by atoms with Crippen molar-refractivity contribution in [3.63, 3.8) is 0 Å². The fraction of sp³-hybridized carbons (Fsp3) is 0.417. The molecule has 0 bridgehead atoms. The molecule has 0 aliphatic carbocycles. The van der Waals surface area contributed by atoms with Crippen molar-refractivity contribution in [1.82, 2.24) is 10.2 Å². The summed E-state index contributed by atoms with van der Waals surface area (Å²) < 4.78 is 18.9. The normalized spacial score (nSPS) is 16.0. The third kappa shape index (κ3) is 7.15. The van der Waals surface area contributed by atoms with Crippen LogP contribution in [0.1, 0.15) is 42.1 Å². The highest BCUT2D eigenvalue weighted by molar-refractivity contribution is 6.09. The first-order valence-corrected chi connectivity index (χ1v) is 10.8. The summed E-state index contributed by atoms with van der Waals surface area (Å²) in [6, 6.07) is 13.7. The van der Waals surface area contributed by atoms with E-state index in [1.54, 1.807) is 6.07 Å². The van der Waals surface area contributed by atoms with Crippen LogP contribution in [0.25, 0.3) is 0 Å². The highest BCUT2D eigenvalue weighted by Gasteiger charge is 2.12. The van der Waals surface area contributed by atoms with Crippen LogP contribution in [0, 0.1) is 5.82 Å². The van der Waals surface area contributed by atoms with E-state index in [1.807, 2.05) is 12.1 Å². The van der Waals surface area contributed by atoms with Crippen molar-refractivity contribution in [3.05, 3.63) is 65.5 Å². The molecule has 1 saturated heterocycles. The number of guanidine groups is 1. The summed E-state index contributed by atoms with van der Waals surface area (Å²) in [6.45, 7) is 8.88. The maximum absolute atomic E-state index is 13.5. The second kappa shape index (κ2) is 11.6. The summed E-state index contributed by atoms with van der Waals surface area (Å²) in [5.41, 5.74) is 2.34. The Balaban J connectivity index is 1.69. The molecule has 1 fully saturated rings. The summed E-state index contributed by atoms with van der Waals surface area (Å²) in [7, 11) is 0. The molecule has 0 saturated carbocycles. The molecule has 1 atom stereocenters. The van der Waals surface area contributed by atoms with Gasteiger partial charge in [-0.25, -0.2) is 4.39 Å². The fourth-order valence-corrected chi connectivity index (χ4v) is 3.32. The first-order valence-electron chi connectivity index (χ1n) is 10.8. The van der Waals surface area contributed by atoms with Gasteiger partial charge in [0, 0.05) is 30.9 Å². The number of carbonyl (C=O) groups excluding carboxylic acids is 1. The summed E-state index contributed by atoms with van der Waals surface area (Å²) in [4.78, 5) is 19.5. The van der Waals surface area contributed by atoms with Gasteiger partial charge in [-0.15, -0.1) is 0 Å². The second-order valence-electron chi connectivity index (χ2n) is 7.71. The van der Waals surface area contributed by atoms with Gasteiger partial charge in [0.05, 0.1) is 19.8 Å². The zero-order valence-electron chi connectivity index (χ0n) is 18.2. The molecule has 1 aliphatic rings. The van der Waals surface area contributed by atoms with Crippen LogP contribution in [0.4, 0.5) is 10.1 Å². The quantitative estimate of drug-likeness (QED) is 0.521. The molecule has 0 spiro atoms. The van der Waals surface area contributed by atoms with Crippen molar-refractivity contribution < 1.29 is 13.9 Å². The minimum atomic E-state index is -0.452. The van der Waals surface area contributed by atoms with Crippen molar-refractivity contribution in [2.75, 3.05) is 44.7 Å². The molecule has 2 aromatic rings. The molecule has 7 heteroatoms. The number of rotatable bonds is 7. The smallest absolute Gasteiger partial charge is 0.258 e. The molecular formula is C24H31FN4O2. The molecule has 166 valence electrons. The van der Waals surface area contributed by atoms with E-state index < -0.39 is 11.7 Å². The molecule has 1 amide bonds. The number of aliphatic imine (C=N–C) groups is 1. The maximum Gasteiger partial charge on any atom is 0.258 e. The Kier molecular flexibility index (Phi) is 8.55. The lowest BCUT2D eigenvalue weighted by Gasteiger charge is -2.25. The SMILES string of the molecule is CCC(C)c1ccc(NC(=NCCN2CCOCC2)NC(=O)c2cccc(F)c2)cc1. The van der Waals surface area contributed by atoms with E-state index >= 15 is 0 Å².